The van der Waals surface area contributed by atoms with Gasteiger partial charge in [0.25, 0.3) is 0 Å². The topological polar surface area (TPSA) is 29.1 Å². The number of fused-ring (bicyclic) bond motifs is 1. The third-order valence-electron chi connectivity index (χ3n) is 2.58. The van der Waals surface area contributed by atoms with Crippen LogP contribution in [0, 0.1) is 0 Å². The maximum absolute atomic E-state index is 11.1. The Kier molecular flexibility index (Phi) is 2.50. The highest BCUT2D eigenvalue weighted by molar-refractivity contribution is 7.98. The first kappa shape index (κ1) is 9.59. The summed E-state index contributed by atoms with van der Waals surface area (Å²) in [6.07, 6.45) is 2.62. The first-order chi connectivity index (χ1) is 6.70. The van der Waals surface area contributed by atoms with Crippen LogP contribution in [0.5, 0.6) is 0 Å². The van der Waals surface area contributed by atoms with Crippen molar-refractivity contribution in [2.45, 2.75) is 18.6 Å². The molecule has 0 radical (unpaired) electrons. The number of carbonyl (C=O) groups excluding carboxylic acids is 1. The molecule has 1 aromatic carbocycles. The van der Waals surface area contributed by atoms with Crippen molar-refractivity contribution in [1.82, 2.24) is 0 Å². The predicted octanol–water partition coefficient (Wildman–Crippen LogP) is 2.61. The fraction of sp³-hybridized carbons (Fsp3) is 0.364. The quantitative estimate of drug-likeness (QED) is 0.807. The summed E-state index contributed by atoms with van der Waals surface area (Å²) < 4.78 is 0. The number of nitrogens with one attached hydrogen (secondary N) is 1. The maximum Gasteiger partial charge on any atom is 0.228 e. The molecule has 1 N–H and O–H groups in total. The SMILES string of the molecule is CSC(C)c1ccc2c(c1)NC(=O)C2. The van der Waals surface area contributed by atoms with Crippen molar-refractivity contribution in [2.24, 2.45) is 0 Å². The van der Waals surface area contributed by atoms with Gasteiger partial charge >= 0.3 is 0 Å². The highest BCUT2D eigenvalue weighted by Crippen LogP contribution is 2.31. The minimum atomic E-state index is 0.106. The molecule has 3 heteroatoms. The van der Waals surface area contributed by atoms with Crippen molar-refractivity contribution >= 4 is 23.4 Å². The van der Waals surface area contributed by atoms with Gasteiger partial charge in [-0.05, 0) is 30.4 Å². The van der Waals surface area contributed by atoms with E-state index in [0.717, 1.165) is 11.3 Å². The molecule has 1 amide bonds. The van der Waals surface area contributed by atoms with Crippen LogP contribution in [0.2, 0.25) is 0 Å². The Morgan fingerprint density at radius 2 is 2.29 bits per heavy atom. The molecule has 0 bridgehead atoms. The molecule has 1 aromatic rings. The van der Waals surface area contributed by atoms with Crippen molar-refractivity contribution in [1.29, 1.82) is 0 Å². The van der Waals surface area contributed by atoms with E-state index in [-0.39, 0.29) is 5.91 Å². The van der Waals surface area contributed by atoms with Crippen molar-refractivity contribution in [3.63, 3.8) is 0 Å². The maximum atomic E-state index is 11.1. The van der Waals surface area contributed by atoms with Crippen LogP contribution in [0.25, 0.3) is 0 Å². The van der Waals surface area contributed by atoms with Gasteiger partial charge in [0, 0.05) is 10.9 Å². The average molecular weight is 207 g/mol. The van der Waals surface area contributed by atoms with E-state index in [1.807, 2.05) is 11.8 Å². The normalized spacial score (nSPS) is 16.3. The fourth-order valence-corrected chi connectivity index (χ4v) is 2.04. The number of thioether (sulfide) groups is 1. The van der Waals surface area contributed by atoms with E-state index in [9.17, 15) is 4.79 Å². The molecule has 0 saturated heterocycles. The van der Waals surface area contributed by atoms with Crippen molar-refractivity contribution in [2.75, 3.05) is 11.6 Å². The second-order valence-corrected chi connectivity index (χ2v) is 4.70. The van der Waals surface area contributed by atoms with Crippen LogP contribution in [0.3, 0.4) is 0 Å². The molecule has 74 valence electrons. The van der Waals surface area contributed by atoms with Crippen LogP contribution in [0.4, 0.5) is 5.69 Å². The monoisotopic (exact) mass is 207 g/mol. The Morgan fingerprint density at radius 3 is 3.00 bits per heavy atom. The molecule has 2 rings (SSSR count). The van der Waals surface area contributed by atoms with Gasteiger partial charge in [-0.1, -0.05) is 12.1 Å². The molecule has 1 aliphatic rings. The zero-order valence-corrected chi connectivity index (χ0v) is 9.15. The lowest BCUT2D eigenvalue weighted by atomic mass is 10.1. The second-order valence-electron chi connectivity index (χ2n) is 3.52. The number of amides is 1. The molecule has 0 spiro atoms. The molecular weight excluding hydrogens is 194 g/mol. The lowest BCUT2D eigenvalue weighted by Gasteiger charge is -2.09. The van der Waals surface area contributed by atoms with Crippen molar-refractivity contribution < 1.29 is 4.79 Å². The van der Waals surface area contributed by atoms with E-state index in [1.165, 1.54) is 5.56 Å². The number of rotatable bonds is 2. The zero-order valence-electron chi connectivity index (χ0n) is 8.33. The number of hydrogen-bond donors (Lipinski definition) is 1. The predicted molar refractivity (Wildman–Crippen MR) is 60.7 cm³/mol. The second kappa shape index (κ2) is 3.65. The first-order valence-electron chi connectivity index (χ1n) is 4.66. The highest BCUT2D eigenvalue weighted by atomic mass is 32.2. The molecule has 1 atom stereocenters. The summed E-state index contributed by atoms with van der Waals surface area (Å²) in [4.78, 5) is 11.1. The lowest BCUT2D eigenvalue weighted by molar-refractivity contribution is -0.115. The smallest absolute Gasteiger partial charge is 0.228 e. The number of anilines is 1. The summed E-state index contributed by atoms with van der Waals surface area (Å²) in [5.41, 5.74) is 3.39. The average Bonchev–Trinajstić information content (AvgIpc) is 2.55. The standard InChI is InChI=1S/C11H13NOS/c1-7(14-2)8-3-4-9-6-11(13)12-10(9)5-8/h3-5,7H,6H2,1-2H3,(H,12,13). The molecule has 2 nitrogen and oxygen atoms in total. The Morgan fingerprint density at radius 1 is 1.50 bits per heavy atom. The van der Waals surface area contributed by atoms with Gasteiger partial charge in [0.15, 0.2) is 0 Å². The van der Waals surface area contributed by atoms with Crippen molar-refractivity contribution in [3.8, 4) is 0 Å². The molecular formula is C11H13NOS. The van der Waals surface area contributed by atoms with Gasteiger partial charge in [0.05, 0.1) is 6.42 Å². The number of benzene rings is 1. The Labute approximate surface area is 88.1 Å². The van der Waals surface area contributed by atoms with Gasteiger partial charge in [0.1, 0.15) is 0 Å². The molecule has 1 unspecified atom stereocenters. The van der Waals surface area contributed by atoms with E-state index in [1.54, 1.807) is 0 Å². The van der Waals surface area contributed by atoms with Crippen LogP contribution in [-0.2, 0) is 11.2 Å². The molecule has 1 aliphatic heterocycles. The van der Waals surface area contributed by atoms with Crippen LogP contribution in [-0.4, -0.2) is 12.2 Å². The van der Waals surface area contributed by atoms with Crippen LogP contribution in [0.15, 0.2) is 18.2 Å². The molecule has 0 aromatic heterocycles. The highest BCUT2D eigenvalue weighted by Gasteiger charge is 2.18. The fourth-order valence-electron chi connectivity index (χ4n) is 1.62. The zero-order chi connectivity index (χ0) is 10.1. The molecule has 0 fully saturated rings. The van der Waals surface area contributed by atoms with E-state index in [4.69, 9.17) is 0 Å². The number of hydrogen-bond acceptors (Lipinski definition) is 2. The van der Waals surface area contributed by atoms with Gasteiger partial charge in [-0.3, -0.25) is 4.79 Å². The van der Waals surface area contributed by atoms with Gasteiger partial charge < -0.3 is 5.32 Å². The summed E-state index contributed by atoms with van der Waals surface area (Å²) in [6, 6.07) is 6.25. The van der Waals surface area contributed by atoms with Gasteiger partial charge in [-0.2, -0.15) is 11.8 Å². The third kappa shape index (κ3) is 1.64. The van der Waals surface area contributed by atoms with E-state index in [2.05, 4.69) is 36.7 Å². The molecule has 0 saturated carbocycles. The van der Waals surface area contributed by atoms with E-state index < -0.39 is 0 Å². The summed E-state index contributed by atoms with van der Waals surface area (Å²) in [7, 11) is 0. The summed E-state index contributed by atoms with van der Waals surface area (Å²) in [5, 5.41) is 3.35. The molecule has 14 heavy (non-hydrogen) atoms. The van der Waals surface area contributed by atoms with Gasteiger partial charge in [-0.25, -0.2) is 0 Å². The molecule has 0 aliphatic carbocycles. The van der Waals surface area contributed by atoms with Crippen LogP contribution in [0.1, 0.15) is 23.3 Å². The largest absolute Gasteiger partial charge is 0.326 e. The Bertz CT molecular complexity index is 376. The van der Waals surface area contributed by atoms with Gasteiger partial charge in [0.2, 0.25) is 5.91 Å². The minimum Gasteiger partial charge on any atom is -0.326 e. The van der Waals surface area contributed by atoms with Crippen LogP contribution < -0.4 is 5.32 Å². The van der Waals surface area contributed by atoms with E-state index >= 15 is 0 Å². The Hall–Kier alpha value is -0.960. The Balaban J connectivity index is 2.32. The van der Waals surface area contributed by atoms with Crippen LogP contribution >= 0.6 is 11.8 Å². The summed E-state index contributed by atoms with van der Waals surface area (Å²) in [5.74, 6) is 0.106. The lowest BCUT2D eigenvalue weighted by Crippen LogP contribution is -2.03. The minimum absolute atomic E-state index is 0.106. The third-order valence-corrected chi connectivity index (χ3v) is 3.56. The first-order valence-corrected chi connectivity index (χ1v) is 5.95. The number of carbonyl (C=O) groups is 1. The summed E-state index contributed by atoms with van der Waals surface area (Å²) in [6.45, 7) is 2.17. The molecule has 1 heterocycles. The summed E-state index contributed by atoms with van der Waals surface area (Å²) >= 11 is 1.81. The van der Waals surface area contributed by atoms with Crippen molar-refractivity contribution in [3.05, 3.63) is 29.3 Å². The van der Waals surface area contributed by atoms with Gasteiger partial charge in [-0.15, -0.1) is 0 Å². The van der Waals surface area contributed by atoms with E-state index in [0.29, 0.717) is 11.7 Å².